The fourth-order valence-electron chi connectivity index (χ4n) is 4.52. The maximum atomic E-state index is 15.3. The van der Waals surface area contributed by atoms with Gasteiger partial charge < -0.3 is 15.2 Å². The molecule has 2 aromatic heterocycles. The molecule has 0 aliphatic carbocycles. The first-order chi connectivity index (χ1) is 16.4. The van der Waals surface area contributed by atoms with Gasteiger partial charge >= 0.3 is 0 Å². The fraction of sp³-hybridized carbons (Fsp3) is 0.292. The molecule has 1 fully saturated rings. The molecule has 176 valence electrons. The van der Waals surface area contributed by atoms with Gasteiger partial charge in [-0.05, 0) is 31.2 Å². The lowest BCUT2D eigenvalue weighted by atomic mass is 10.1. The standard InChI is InChI=1S/C24H24F2N6O2/c1-14-12-28-32-19-6-4-16(20(26)21(19)29-24(34)22(14)32)13-30-7-9-31(10-8-30)18-5-3-15(11-17(18)25)23(33)27-2/h3-6,11-12H,7-10,13H2,1-2H3,(H,27,33)(H,29,34). The lowest BCUT2D eigenvalue weighted by Crippen LogP contribution is -2.46. The molecule has 2 N–H and O–H groups in total. The Bertz CT molecular complexity index is 1470. The average Bonchev–Trinajstić information content (AvgIpc) is 3.23. The summed E-state index contributed by atoms with van der Waals surface area (Å²) < 4.78 is 31.4. The Balaban J connectivity index is 1.32. The first kappa shape index (κ1) is 22.0. The van der Waals surface area contributed by atoms with Crippen LogP contribution in [0.25, 0.3) is 16.6 Å². The molecular weight excluding hydrogens is 442 g/mol. The second-order valence-corrected chi connectivity index (χ2v) is 8.48. The highest BCUT2D eigenvalue weighted by Gasteiger charge is 2.22. The number of H-pyrrole nitrogens is 1. The van der Waals surface area contributed by atoms with Gasteiger partial charge in [-0.3, -0.25) is 14.5 Å². The third-order valence-corrected chi connectivity index (χ3v) is 6.38. The smallest absolute Gasteiger partial charge is 0.274 e. The number of nitrogens with one attached hydrogen (secondary N) is 2. The predicted octanol–water partition coefficient (Wildman–Crippen LogP) is 2.44. The molecule has 0 radical (unpaired) electrons. The minimum atomic E-state index is -0.470. The molecular formula is C24H24F2N6O2. The normalized spacial score (nSPS) is 14.8. The molecule has 3 heterocycles. The van der Waals surface area contributed by atoms with E-state index in [0.29, 0.717) is 55.0 Å². The number of aromatic amines is 1. The SMILES string of the molecule is CNC(=O)c1ccc(N2CCN(Cc3ccc4c([nH]c(=O)c5c(C)cnn54)c3F)CC2)c(F)c1. The molecule has 1 saturated heterocycles. The number of aryl methyl sites for hydroxylation is 1. The number of halogens is 2. The number of rotatable bonds is 4. The Morgan fingerprint density at radius 3 is 2.62 bits per heavy atom. The van der Waals surface area contributed by atoms with Crippen LogP contribution in [0.4, 0.5) is 14.5 Å². The summed E-state index contributed by atoms with van der Waals surface area (Å²) in [5, 5.41) is 6.70. The number of fused-ring (bicyclic) bond motifs is 3. The molecule has 1 aliphatic heterocycles. The Labute approximate surface area is 193 Å². The molecule has 5 rings (SSSR count). The van der Waals surface area contributed by atoms with Crippen molar-refractivity contribution < 1.29 is 13.6 Å². The molecule has 0 spiro atoms. The Morgan fingerprint density at radius 2 is 1.91 bits per heavy atom. The quantitative estimate of drug-likeness (QED) is 0.483. The van der Waals surface area contributed by atoms with E-state index >= 15 is 4.39 Å². The van der Waals surface area contributed by atoms with Crippen molar-refractivity contribution in [2.75, 3.05) is 38.1 Å². The zero-order chi connectivity index (χ0) is 24.0. The number of carbonyl (C=O) groups excluding carboxylic acids is 1. The van der Waals surface area contributed by atoms with Gasteiger partial charge in [0.05, 0.1) is 17.4 Å². The summed E-state index contributed by atoms with van der Waals surface area (Å²) in [6.45, 7) is 4.51. The van der Waals surface area contributed by atoms with E-state index in [9.17, 15) is 14.0 Å². The van der Waals surface area contributed by atoms with Gasteiger partial charge in [0.15, 0.2) is 5.82 Å². The van der Waals surface area contributed by atoms with Gasteiger partial charge in [-0.2, -0.15) is 5.10 Å². The molecule has 34 heavy (non-hydrogen) atoms. The van der Waals surface area contributed by atoms with Crippen LogP contribution in [-0.2, 0) is 6.54 Å². The number of nitrogens with zero attached hydrogens (tertiary/aromatic N) is 4. The van der Waals surface area contributed by atoms with E-state index in [2.05, 4.69) is 20.3 Å². The second-order valence-electron chi connectivity index (χ2n) is 8.48. The van der Waals surface area contributed by atoms with E-state index in [4.69, 9.17) is 0 Å². The van der Waals surface area contributed by atoms with E-state index in [-0.39, 0.29) is 22.5 Å². The summed E-state index contributed by atoms with van der Waals surface area (Å²) in [4.78, 5) is 30.8. The lowest BCUT2D eigenvalue weighted by Gasteiger charge is -2.36. The van der Waals surface area contributed by atoms with Crippen LogP contribution < -0.4 is 15.8 Å². The van der Waals surface area contributed by atoms with Gasteiger partial charge in [-0.25, -0.2) is 13.3 Å². The zero-order valence-electron chi connectivity index (χ0n) is 18.9. The van der Waals surface area contributed by atoms with Crippen molar-refractivity contribution in [2.45, 2.75) is 13.5 Å². The first-order valence-electron chi connectivity index (χ1n) is 11.0. The molecule has 0 unspecified atom stereocenters. The number of benzene rings is 2. The van der Waals surface area contributed by atoms with Crippen molar-refractivity contribution in [3.8, 4) is 0 Å². The van der Waals surface area contributed by atoms with Crippen molar-refractivity contribution in [1.29, 1.82) is 0 Å². The van der Waals surface area contributed by atoms with Crippen LogP contribution in [0.5, 0.6) is 0 Å². The van der Waals surface area contributed by atoms with Crippen LogP contribution >= 0.6 is 0 Å². The highest BCUT2D eigenvalue weighted by Crippen LogP contribution is 2.24. The third kappa shape index (κ3) is 3.69. The topological polar surface area (TPSA) is 85.7 Å². The van der Waals surface area contributed by atoms with E-state index in [1.807, 2.05) is 4.90 Å². The summed E-state index contributed by atoms with van der Waals surface area (Å²) in [5.41, 5.74) is 2.59. The van der Waals surface area contributed by atoms with Gasteiger partial charge in [0, 0.05) is 56.5 Å². The van der Waals surface area contributed by atoms with Gasteiger partial charge in [0.25, 0.3) is 11.5 Å². The molecule has 1 aliphatic rings. The largest absolute Gasteiger partial charge is 0.367 e. The van der Waals surface area contributed by atoms with Crippen LogP contribution in [0.15, 0.2) is 41.3 Å². The second kappa shape index (κ2) is 8.53. The van der Waals surface area contributed by atoms with Gasteiger partial charge in [0.2, 0.25) is 0 Å². The first-order valence-corrected chi connectivity index (χ1v) is 11.0. The predicted molar refractivity (Wildman–Crippen MR) is 125 cm³/mol. The summed E-state index contributed by atoms with van der Waals surface area (Å²) in [6, 6.07) is 7.95. The summed E-state index contributed by atoms with van der Waals surface area (Å²) in [7, 11) is 1.50. The Hall–Kier alpha value is -3.79. The van der Waals surface area contributed by atoms with E-state index in [1.54, 1.807) is 37.4 Å². The zero-order valence-corrected chi connectivity index (χ0v) is 18.9. The number of carbonyl (C=O) groups is 1. The maximum Gasteiger partial charge on any atom is 0.274 e. The summed E-state index contributed by atoms with van der Waals surface area (Å²) in [5.74, 6) is -1.25. The molecule has 0 bridgehead atoms. The number of hydrogen-bond acceptors (Lipinski definition) is 5. The highest BCUT2D eigenvalue weighted by atomic mass is 19.1. The van der Waals surface area contributed by atoms with Crippen LogP contribution in [0, 0.1) is 18.6 Å². The minimum absolute atomic E-state index is 0.134. The lowest BCUT2D eigenvalue weighted by molar-refractivity contribution is 0.0962. The van der Waals surface area contributed by atoms with E-state index < -0.39 is 11.6 Å². The Kier molecular flexibility index (Phi) is 5.52. The molecule has 10 heteroatoms. The van der Waals surface area contributed by atoms with Crippen LogP contribution in [0.2, 0.25) is 0 Å². The molecule has 8 nitrogen and oxygen atoms in total. The number of aromatic nitrogens is 3. The van der Waals surface area contributed by atoms with E-state index in [1.165, 1.54) is 17.6 Å². The van der Waals surface area contributed by atoms with Gasteiger partial charge in [-0.1, -0.05) is 6.07 Å². The van der Waals surface area contributed by atoms with Gasteiger partial charge in [-0.15, -0.1) is 0 Å². The number of anilines is 1. The summed E-state index contributed by atoms with van der Waals surface area (Å²) in [6.07, 6.45) is 1.59. The van der Waals surface area contributed by atoms with Crippen LogP contribution in [-0.4, -0.2) is 58.6 Å². The number of piperazine rings is 1. The van der Waals surface area contributed by atoms with Crippen LogP contribution in [0.1, 0.15) is 21.5 Å². The molecule has 0 atom stereocenters. The average molecular weight is 466 g/mol. The molecule has 1 amide bonds. The monoisotopic (exact) mass is 466 g/mol. The van der Waals surface area contributed by atoms with Crippen LogP contribution in [0.3, 0.4) is 0 Å². The van der Waals surface area contributed by atoms with Gasteiger partial charge in [0.1, 0.15) is 16.9 Å². The third-order valence-electron chi connectivity index (χ3n) is 6.38. The fourth-order valence-corrected chi connectivity index (χ4v) is 4.52. The molecule has 4 aromatic rings. The molecule has 0 saturated carbocycles. The molecule has 2 aromatic carbocycles. The minimum Gasteiger partial charge on any atom is -0.367 e. The maximum absolute atomic E-state index is 15.3. The summed E-state index contributed by atoms with van der Waals surface area (Å²) >= 11 is 0. The Morgan fingerprint density at radius 1 is 1.15 bits per heavy atom. The van der Waals surface area contributed by atoms with Crippen molar-refractivity contribution in [1.82, 2.24) is 24.8 Å². The van der Waals surface area contributed by atoms with Crippen molar-refractivity contribution >= 4 is 28.1 Å². The van der Waals surface area contributed by atoms with Crippen molar-refractivity contribution in [3.05, 3.63) is 75.2 Å². The van der Waals surface area contributed by atoms with E-state index in [0.717, 1.165) is 5.56 Å². The van der Waals surface area contributed by atoms with Crippen molar-refractivity contribution in [2.24, 2.45) is 0 Å². The highest BCUT2D eigenvalue weighted by molar-refractivity contribution is 5.94. The number of amides is 1. The number of hydrogen-bond donors (Lipinski definition) is 2. The van der Waals surface area contributed by atoms with Crippen molar-refractivity contribution in [3.63, 3.8) is 0 Å².